The van der Waals surface area contributed by atoms with Crippen molar-refractivity contribution in [1.82, 2.24) is 0 Å². The minimum atomic E-state index is 0.869. The quantitative estimate of drug-likeness (QED) is 0.483. The average Bonchev–Trinajstić information content (AvgIpc) is 2.54. The van der Waals surface area contributed by atoms with Crippen LogP contribution >= 0.6 is 0 Å². The van der Waals surface area contributed by atoms with Gasteiger partial charge in [-0.2, -0.15) is 0 Å². The summed E-state index contributed by atoms with van der Waals surface area (Å²) in [5, 5.41) is 0. The molecule has 0 atom stereocenters. The lowest BCUT2D eigenvalue weighted by molar-refractivity contribution is 0.0648. The predicted molar refractivity (Wildman–Crippen MR) is 91.5 cm³/mol. The van der Waals surface area contributed by atoms with Crippen LogP contribution in [-0.2, 0) is 4.74 Å². The molecule has 0 saturated heterocycles. The van der Waals surface area contributed by atoms with Crippen LogP contribution in [0.1, 0.15) is 90.9 Å². The summed E-state index contributed by atoms with van der Waals surface area (Å²) in [4.78, 5) is 0. The van der Waals surface area contributed by atoms with Crippen LogP contribution in [0.25, 0.3) is 0 Å². The molecule has 0 unspecified atom stereocenters. The number of hydrogen-bond donors (Lipinski definition) is 0. The zero-order valence-electron chi connectivity index (χ0n) is 14.6. The summed E-state index contributed by atoms with van der Waals surface area (Å²) in [5.41, 5.74) is 0. The number of unbranched alkanes of at least 4 members (excludes halogenated alkanes) is 1. The predicted octanol–water partition coefficient (Wildman–Crippen LogP) is 6.22. The molecule has 0 heterocycles. The third-order valence-corrected chi connectivity index (χ3v) is 6.12. The van der Waals surface area contributed by atoms with Crippen LogP contribution in [0.5, 0.6) is 0 Å². The van der Waals surface area contributed by atoms with E-state index in [0.29, 0.717) is 0 Å². The molecule has 0 aromatic heterocycles. The Labute approximate surface area is 133 Å². The summed E-state index contributed by atoms with van der Waals surface area (Å²) in [6, 6.07) is 0. The van der Waals surface area contributed by atoms with Crippen LogP contribution < -0.4 is 0 Å². The number of rotatable bonds is 8. The Kier molecular flexibility index (Phi) is 8.14. The molecule has 2 aliphatic rings. The molecule has 21 heavy (non-hydrogen) atoms. The van der Waals surface area contributed by atoms with Crippen molar-refractivity contribution in [2.24, 2.45) is 23.7 Å². The minimum Gasteiger partial charge on any atom is -0.381 e. The Morgan fingerprint density at radius 1 is 0.714 bits per heavy atom. The van der Waals surface area contributed by atoms with E-state index in [9.17, 15) is 0 Å². The third kappa shape index (κ3) is 5.93. The Morgan fingerprint density at radius 2 is 1.29 bits per heavy atom. The minimum absolute atomic E-state index is 0.869. The molecule has 0 spiro atoms. The van der Waals surface area contributed by atoms with E-state index in [0.717, 1.165) is 43.3 Å². The molecule has 2 rings (SSSR count). The zero-order valence-corrected chi connectivity index (χ0v) is 14.6. The van der Waals surface area contributed by atoms with Gasteiger partial charge in [0, 0.05) is 13.2 Å². The molecule has 0 amide bonds. The van der Waals surface area contributed by atoms with Gasteiger partial charge in [-0.15, -0.1) is 0 Å². The molecular weight excluding hydrogens is 256 g/mol. The van der Waals surface area contributed by atoms with Crippen molar-refractivity contribution in [2.75, 3.05) is 13.2 Å². The van der Waals surface area contributed by atoms with Gasteiger partial charge >= 0.3 is 0 Å². The Hall–Kier alpha value is -0.0400. The molecule has 0 aliphatic heterocycles. The lowest BCUT2D eigenvalue weighted by Crippen LogP contribution is -2.27. The van der Waals surface area contributed by atoms with E-state index in [1.165, 1.54) is 70.6 Å². The Balaban J connectivity index is 1.60. The highest BCUT2D eigenvalue weighted by molar-refractivity contribution is 4.82. The van der Waals surface area contributed by atoms with E-state index in [1.807, 2.05) is 0 Å². The van der Waals surface area contributed by atoms with E-state index < -0.39 is 0 Å². The fraction of sp³-hybridized carbons (Fsp3) is 1.00. The fourth-order valence-corrected chi connectivity index (χ4v) is 4.66. The molecule has 0 radical (unpaired) electrons. The highest BCUT2D eigenvalue weighted by Crippen LogP contribution is 2.42. The summed E-state index contributed by atoms with van der Waals surface area (Å²) in [5.74, 6) is 4.06. The Morgan fingerprint density at radius 3 is 1.81 bits per heavy atom. The second kappa shape index (κ2) is 9.87. The molecule has 0 N–H and O–H groups in total. The standard InChI is InChI=1S/C20H38O/c1-3-5-6-17-7-11-19(12-8-17)20-13-9-18(10-14-20)16-21-15-4-2/h17-20H,3-16H2,1-2H3. The molecule has 0 aromatic rings. The van der Waals surface area contributed by atoms with Gasteiger partial charge in [-0.25, -0.2) is 0 Å². The van der Waals surface area contributed by atoms with E-state index in [1.54, 1.807) is 0 Å². The van der Waals surface area contributed by atoms with Crippen LogP contribution in [0.2, 0.25) is 0 Å². The SMILES string of the molecule is CCCCC1CCC(C2CCC(COCCC)CC2)CC1. The van der Waals surface area contributed by atoms with Crippen molar-refractivity contribution in [3.8, 4) is 0 Å². The first-order valence-corrected chi connectivity index (χ1v) is 9.91. The summed E-state index contributed by atoms with van der Waals surface area (Å²) >= 11 is 0. The van der Waals surface area contributed by atoms with Gasteiger partial charge in [0.1, 0.15) is 0 Å². The largest absolute Gasteiger partial charge is 0.381 e. The first-order chi connectivity index (χ1) is 10.3. The highest BCUT2D eigenvalue weighted by Gasteiger charge is 2.30. The summed E-state index contributed by atoms with van der Waals surface area (Å²) in [7, 11) is 0. The topological polar surface area (TPSA) is 9.23 Å². The van der Waals surface area contributed by atoms with Crippen LogP contribution in [0.3, 0.4) is 0 Å². The normalized spacial score (nSPS) is 34.0. The monoisotopic (exact) mass is 294 g/mol. The Bertz CT molecular complexity index is 247. The summed E-state index contributed by atoms with van der Waals surface area (Å²) in [6.45, 7) is 6.52. The molecule has 1 nitrogen and oxygen atoms in total. The molecule has 0 aromatic carbocycles. The van der Waals surface area contributed by atoms with Crippen molar-refractivity contribution < 1.29 is 4.74 Å². The number of ether oxygens (including phenoxy) is 1. The maximum absolute atomic E-state index is 5.75. The van der Waals surface area contributed by atoms with Gasteiger partial charge in [0.25, 0.3) is 0 Å². The van der Waals surface area contributed by atoms with Gasteiger partial charge in [0.15, 0.2) is 0 Å². The molecule has 2 fully saturated rings. The second-order valence-corrected chi connectivity index (χ2v) is 7.78. The van der Waals surface area contributed by atoms with Gasteiger partial charge in [-0.1, -0.05) is 46.0 Å². The van der Waals surface area contributed by atoms with Crippen LogP contribution in [0.15, 0.2) is 0 Å². The van der Waals surface area contributed by atoms with Gasteiger partial charge in [0.2, 0.25) is 0 Å². The average molecular weight is 295 g/mol. The smallest absolute Gasteiger partial charge is 0.0494 e. The molecular formula is C20H38O. The molecule has 1 heteroatoms. The molecule has 2 saturated carbocycles. The summed E-state index contributed by atoms with van der Waals surface area (Å²) < 4.78 is 5.75. The van der Waals surface area contributed by atoms with Crippen molar-refractivity contribution in [1.29, 1.82) is 0 Å². The van der Waals surface area contributed by atoms with Gasteiger partial charge in [-0.3, -0.25) is 0 Å². The summed E-state index contributed by atoms with van der Waals surface area (Å²) in [6.07, 6.45) is 17.5. The van der Waals surface area contributed by atoms with Crippen molar-refractivity contribution in [3.05, 3.63) is 0 Å². The molecule has 124 valence electrons. The van der Waals surface area contributed by atoms with E-state index >= 15 is 0 Å². The second-order valence-electron chi connectivity index (χ2n) is 7.78. The van der Waals surface area contributed by atoms with Crippen molar-refractivity contribution in [2.45, 2.75) is 90.9 Å². The highest BCUT2D eigenvalue weighted by atomic mass is 16.5. The lowest BCUT2D eigenvalue weighted by Gasteiger charge is -2.38. The zero-order chi connectivity index (χ0) is 14.9. The lowest BCUT2D eigenvalue weighted by atomic mass is 9.69. The maximum atomic E-state index is 5.75. The molecule has 0 bridgehead atoms. The van der Waals surface area contributed by atoms with Gasteiger partial charge in [-0.05, 0) is 68.6 Å². The van der Waals surface area contributed by atoms with Crippen LogP contribution in [0.4, 0.5) is 0 Å². The van der Waals surface area contributed by atoms with Crippen molar-refractivity contribution >= 4 is 0 Å². The van der Waals surface area contributed by atoms with E-state index in [4.69, 9.17) is 4.74 Å². The van der Waals surface area contributed by atoms with Crippen LogP contribution in [0, 0.1) is 23.7 Å². The van der Waals surface area contributed by atoms with Crippen molar-refractivity contribution in [3.63, 3.8) is 0 Å². The van der Waals surface area contributed by atoms with Crippen LogP contribution in [-0.4, -0.2) is 13.2 Å². The first kappa shape index (κ1) is 17.3. The molecule has 2 aliphatic carbocycles. The number of hydrogen-bond acceptors (Lipinski definition) is 1. The van der Waals surface area contributed by atoms with E-state index in [2.05, 4.69) is 13.8 Å². The van der Waals surface area contributed by atoms with Gasteiger partial charge < -0.3 is 4.74 Å². The van der Waals surface area contributed by atoms with Gasteiger partial charge in [0.05, 0.1) is 0 Å². The maximum Gasteiger partial charge on any atom is 0.0494 e. The fourth-order valence-electron chi connectivity index (χ4n) is 4.66. The van der Waals surface area contributed by atoms with E-state index in [-0.39, 0.29) is 0 Å². The first-order valence-electron chi connectivity index (χ1n) is 9.91. The third-order valence-electron chi connectivity index (χ3n) is 6.12.